The van der Waals surface area contributed by atoms with Gasteiger partial charge in [0.1, 0.15) is 10.7 Å². The zero-order chi connectivity index (χ0) is 14.4. The maximum atomic E-state index is 12.7. The van der Waals surface area contributed by atoms with Gasteiger partial charge in [-0.25, -0.2) is 0 Å². The molecular formula is C13H18N4O2S. The van der Waals surface area contributed by atoms with Crippen LogP contribution in [0.1, 0.15) is 35.0 Å². The molecule has 1 saturated heterocycles. The van der Waals surface area contributed by atoms with Crippen LogP contribution >= 0.6 is 11.3 Å². The fraction of sp³-hybridized carbons (Fsp3) is 0.615. The number of carbonyl (C=O) groups excluding carboxylic acids is 1. The number of rotatable bonds is 1. The molecule has 1 amide bonds. The van der Waals surface area contributed by atoms with E-state index in [1.54, 1.807) is 0 Å². The zero-order valence-electron chi connectivity index (χ0n) is 12.1. The first-order valence-electron chi connectivity index (χ1n) is 6.73. The molecule has 7 heteroatoms. The highest BCUT2D eigenvalue weighted by atomic mass is 32.1. The summed E-state index contributed by atoms with van der Waals surface area (Å²) >= 11 is 1.41. The zero-order valence-corrected chi connectivity index (χ0v) is 12.9. The molecule has 1 fully saturated rings. The summed E-state index contributed by atoms with van der Waals surface area (Å²) in [6.07, 6.45) is 0.158. The Kier molecular flexibility index (Phi) is 3.25. The number of fused-ring (bicyclic) bond motifs is 1. The predicted octanol–water partition coefficient (Wildman–Crippen LogP) is 1.66. The second kappa shape index (κ2) is 4.82. The lowest BCUT2D eigenvalue weighted by Gasteiger charge is -2.35. The number of thiazole rings is 1. The molecule has 6 nitrogen and oxygen atoms in total. The fourth-order valence-electron chi connectivity index (χ4n) is 2.75. The summed E-state index contributed by atoms with van der Waals surface area (Å²) in [7, 11) is 0. The van der Waals surface area contributed by atoms with Gasteiger partial charge in [-0.15, -0.1) is 10.2 Å². The van der Waals surface area contributed by atoms with Crippen molar-refractivity contribution in [2.75, 3.05) is 13.1 Å². The van der Waals surface area contributed by atoms with E-state index in [0.717, 1.165) is 21.4 Å². The van der Waals surface area contributed by atoms with Gasteiger partial charge in [0.05, 0.1) is 12.2 Å². The maximum Gasteiger partial charge on any atom is 0.266 e. The predicted molar refractivity (Wildman–Crippen MR) is 76.3 cm³/mol. The van der Waals surface area contributed by atoms with Gasteiger partial charge in [-0.1, -0.05) is 11.3 Å². The molecule has 3 rings (SSSR count). The van der Waals surface area contributed by atoms with Crippen molar-refractivity contribution in [1.82, 2.24) is 19.5 Å². The lowest BCUT2D eigenvalue weighted by Crippen LogP contribution is -2.48. The van der Waals surface area contributed by atoms with E-state index < -0.39 is 0 Å². The van der Waals surface area contributed by atoms with Crippen LogP contribution in [-0.4, -0.2) is 50.7 Å². The van der Waals surface area contributed by atoms with Crippen LogP contribution in [0.4, 0.5) is 0 Å². The second-order valence-electron chi connectivity index (χ2n) is 5.35. The largest absolute Gasteiger partial charge is 0.372 e. The third-order valence-electron chi connectivity index (χ3n) is 3.55. The molecule has 1 aliphatic heterocycles. The highest BCUT2D eigenvalue weighted by Gasteiger charge is 2.29. The summed E-state index contributed by atoms with van der Waals surface area (Å²) in [5.74, 6) is 0.885. The van der Waals surface area contributed by atoms with Crippen molar-refractivity contribution < 1.29 is 9.53 Å². The van der Waals surface area contributed by atoms with Gasteiger partial charge in [0.2, 0.25) is 4.96 Å². The molecule has 20 heavy (non-hydrogen) atoms. The molecule has 3 heterocycles. The van der Waals surface area contributed by atoms with Gasteiger partial charge >= 0.3 is 0 Å². The number of amides is 1. The SMILES string of the molecule is Cc1nnc2sc(C(=O)N3CC(C)OC(C)C3)c(C)n12. The summed E-state index contributed by atoms with van der Waals surface area (Å²) in [5.41, 5.74) is 0.921. The second-order valence-corrected chi connectivity index (χ2v) is 6.33. The third-order valence-corrected chi connectivity index (χ3v) is 4.67. The van der Waals surface area contributed by atoms with Crippen molar-refractivity contribution in [1.29, 1.82) is 0 Å². The number of morpholine rings is 1. The molecule has 108 valence electrons. The number of aryl methyl sites for hydroxylation is 2. The molecule has 0 aliphatic carbocycles. The van der Waals surface area contributed by atoms with E-state index in [-0.39, 0.29) is 18.1 Å². The summed E-state index contributed by atoms with van der Waals surface area (Å²) in [6, 6.07) is 0. The van der Waals surface area contributed by atoms with Crippen LogP contribution in [0.25, 0.3) is 4.96 Å². The van der Waals surface area contributed by atoms with Crippen molar-refractivity contribution in [3.05, 3.63) is 16.4 Å². The minimum Gasteiger partial charge on any atom is -0.372 e. The van der Waals surface area contributed by atoms with Gasteiger partial charge in [-0.2, -0.15) is 0 Å². The Morgan fingerprint density at radius 3 is 2.50 bits per heavy atom. The molecule has 2 atom stereocenters. The quantitative estimate of drug-likeness (QED) is 0.802. The maximum absolute atomic E-state index is 12.7. The molecule has 2 aromatic heterocycles. The number of aromatic nitrogens is 3. The number of nitrogens with zero attached hydrogens (tertiary/aromatic N) is 4. The Labute approximate surface area is 121 Å². The van der Waals surface area contributed by atoms with Crippen LogP contribution in [0.15, 0.2) is 0 Å². The Morgan fingerprint density at radius 1 is 1.25 bits per heavy atom. The van der Waals surface area contributed by atoms with E-state index in [1.165, 1.54) is 11.3 Å². The minimum absolute atomic E-state index is 0.0689. The molecule has 0 spiro atoms. The Morgan fingerprint density at radius 2 is 1.90 bits per heavy atom. The molecule has 1 aliphatic rings. The van der Waals surface area contributed by atoms with Crippen molar-refractivity contribution in [3.63, 3.8) is 0 Å². The molecule has 2 aromatic rings. The van der Waals surface area contributed by atoms with Crippen LogP contribution in [0.3, 0.4) is 0 Å². The van der Waals surface area contributed by atoms with Crippen LogP contribution < -0.4 is 0 Å². The van der Waals surface area contributed by atoms with E-state index >= 15 is 0 Å². The third kappa shape index (κ3) is 2.10. The van der Waals surface area contributed by atoms with Crippen LogP contribution in [0.5, 0.6) is 0 Å². The topological polar surface area (TPSA) is 59.7 Å². The standard InChI is InChI=1S/C13H18N4O2S/c1-7-5-16(6-8(2)19-7)12(18)11-9(3)17-10(4)14-15-13(17)20-11/h7-8H,5-6H2,1-4H3. The molecule has 0 radical (unpaired) electrons. The molecule has 0 saturated carbocycles. The molecule has 2 unspecified atom stereocenters. The number of carbonyl (C=O) groups is 1. The number of ether oxygens (including phenoxy) is 1. The first-order chi connectivity index (χ1) is 9.47. The van der Waals surface area contributed by atoms with Crippen molar-refractivity contribution in [2.24, 2.45) is 0 Å². The lowest BCUT2D eigenvalue weighted by atomic mass is 10.2. The van der Waals surface area contributed by atoms with Crippen LogP contribution in [0.2, 0.25) is 0 Å². The molecule has 0 aromatic carbocycles. The summed E-state index contributed by atoms with van der Waals surface area (Å²) < 4.78 is 7.61. The number of hydrogen-bond acceptors (Lipinski definition) is 5. The average Bonchev–Trinajstić information content (AvgIpc) is 2.89. The average molecular weight is 294 g/mol. The monoisotopic (exact) mass is 294 g/mol. The van der Waals surface area contributed by atoms with Crippen LogP contribution in [-0.2, 0) is 4.74 Å². The Hall–Kier alpha value is -1.47. The van der Waals surface area contributed by atoms with Gasteiger partial charge in [0.25, 0.3) is 5.91 Å². The Bertz CT molecular complexity index is 653. The normalized spacial score (nSPS) is 23.5. The Balaban J connectivity index is 1.94. The lowest BCUT2D eigenvalue weighted by molar-refractivity contribution is -0.0585. The minimum atomic E-state index is 0.0689. The first kappa shape index (κ1) is 13.5. The highest BCUT2D eigenvalue weighted by molar-refractivity contribution is 7.19. The van der Waals surface area contributed by atoms with E-state index in [9.17, 15) is 4.79 Å². The summed E-state index contributed by atoms with van der Waals surface area (Å²) in [6.45, 7) is 9.11. The van der Waals surface area contributed by atoms with Gasteiger partial charge in [0.15, 0.2) is 0 Å². The highest BCUT2D eigenvalue weighted by Crippen LogP contribution is 2.25. The molecule has 0 bridgehead atoms. The van der Waals surface area contributed by atoms with Crippen LogP contribution in [0, 0.1) is 13.8 Å². The number of hydrogen-bond donors (Lipinski definition) is 0. The van der Waals surface area contributed by atoms with E-state index in [2.05, 4.69) is 10.2 Å². The van der Waals surface area contributed by atoms with Crippen molar-refractivity contribution in [3.8, 4) is 0 Å². The van der Waals surface area contributed by atoms with Gasteiger partial charge < -0.3 is 9.64 Å². The van der Waals surface area contributed by atoms with E-state index in [0.29, 0.717) is 13.1 Å². The van der Waals surface area contributed by atoms with Gasteiger partial charge in [-0.05, 0) is 27.7 Å². The first-order valence-corrected chi connectivity index (χ1v) is 7.55. The fourth-order valence-corrected chi connectivity index (χ4v) is 3.83. The molecular weight excluding hydrogens is 276 g/mol. The van der Waals surface area contributed by atoms with E-state index in [4.69, 9.17) is 4.74 Å². The smallest absolute Gasteiger partial charge is 0.266 e. The summed E-state index contributed by atoms with van der Waals surface area (Å²) in [4.78, 5) is 16.1. The van der Waals surface area contributed by atoms with Crippen molar-refractivity contribution in [2.45, 2.75) is 39.9 Å². The molecule has 0 N–H and O–H groups in total. The van der Waals surface area contributed by atoms with Gasteiger partial charge in [-0.3, -0.25) is 9.20 Å². The van der Waals surface area contributed by atoms with Gasteiger partial charge in [0, 0.05) is 18.8 Å². The summed E-state index contributed by atoms with van der Waals surface area (Å²) in [5, 5.41) is 8.13. The van der Waals surface area contributed by atoms with Crippen molar-refractivity contribution >= 4 is 22.2 Å². The van der Waals surface area contributed by atoms with E-state index in [1.807, 2.05) is 37.0 Å².